The van der Waals surface area contributed by atoms with Gasteiger partial charge < -0.3 is 9.88 Å². The third-order valence-electron chi connectivity index (χ3n) is 6.09. The molecule has 1 saturated carbocycles. The first-order valence-corrected chi connectivity index (χ1v) is 9.14. The Morgan fingerprint density at radius 3 is 3.00 bits per heavy atom. The number of fused-ring (bicyclic) bond motifs is 3. The SMILES string of the molecule is C[C@@H]1C[C@H](CN2CC(C#N)C2)CC1c1cnc2cnc3[nH]ccc3n12. The molecule has 3 atom stereocenters. The van der Waals surface area contributed by atoms with E-state index in [1.165, 1.54) is 18.5 Å². The van der Waals surface area contributed by atoms with E-state index in [0.717, 1.165) is 36.4 Å². The lowest BCUT2D eigenvalue weighted by Crippen LogP contribution is -2.47. The summed E-state index contributed by atoms with van der Waals surface area (Å²) in [4.78, 5) is 14.7. The van der Waals surface area contributed by atoms with Crippen LogP contribution in [-0.2, 0) is 0 Å². The minimum atomic E-state index is 0.253. The molecule has 0 bridgehead atoms. The van der Waals surface area contributed by atoms with Crippen LogP contribution in [0.4, 0.5) is 0 Å². The zero-order chi connectivity index (χ0) is 17.0. The first kappa shape index (κ1) is 14.9. The molecule has 6 heteroatoms. The van der Waals surface area contributed by atoms with E-state index in [1.54, 1.807) is 0 Å². The molecule has 3 aromatic rings. The maximum absolute atomic E-state index is 8.95. The van der Waals surface area contributed by atoms with Gasteiger partial charge in [0.25, 0.3) is 0 Å². The third kappa shape index (κ3) is 2.34. The lowest BCUT2D eigenvalue weighted by Gasteiger charge is -2.37. The molecule has 4 heterocycles. The van der Waals surface area contributed by atoms with Crippen molar-refractivity contribution in [2.75, 3.05) is 19.6 Å². The van der Waals surface area contributed by atoms with Crippen LogP contribution >= 0.6 is 0 Å². The highest BCUT2D eigenvalue weighted by molar-refractivity contribution is 5.74. The molecule has 0 aromatic carbocycles. The molecule has 2 fully saturated rings. The number of H-pyrrole nitrogens is 1. The smallest absolute Gasteiger partial charge is 0.156 e. The van der Waals surface area contributed by atoms with Crippen LogP contribution in [0, 0.1) is 29.1 Å². The van der Waals surface area contributed by atoms with Crippen molar-refractivity contribution in [3.05, 3.63) is 30.4 Å². The summed E-state index contributed by atoms with van der Waals surface area (Å²) in [5, 5.41) is 8.95. The van der Waals surface area contributed by atoms with E-state index in [-0.39, 0.29) is 5.92 Å². The number of likely N-dealkylation sites (tertiary alicyclic amines) is 1. The molecule has 0 radical (unpaired) electrons. The molecule has 2 aliphatic rings. The van der Waals surface area contributed by atoms with Gasteiger partial charge in [0.05, 0.1) is 23.7 Å². The van der Waals surface area contributed by atoms with Crippen molar-refractivity contribution in [1.29, 1.82) is 5.26 Å². The van der Waals surface area contributed by atoms with E-state index < -0.39 is 0 Å². The quantitative estimate of drug-likeness (QED) is 0.799. The van der Waals surface area contributed by atoms with Crippen LogP contribution in [0.5, 0.6) is 0 Å². The van der Waals surface area contributed by atoms with E-state index >= 15 is 0 Å². The third-order valence-corrected chi connectivity index (χ3v) is 6.09. The van der Waals surface area contributed by atoms with E-state index in [2.05, 4.69) is 43.3 Å². The van der Waals surface area contributed by atoms with Crippen molar-refractivity contribution in [1.82, 2.24) is 24.3 Å². The van der Waals surface area contributed by atoms with Gasteiger partial charge in [-0.2, -0.15) is 5.26 Å². The molecule has 1 unspecified atom stereocenters. The Morgan fingerprint density at radius 2 is 2.16 bits per heavy atom. The van der Waals surface area contributed by atoms with Gasteiger partial charge in [-0.1, -0.05) is 6.92 Å². The van der Waals surface area contributed by atoms with Gasteiger partial charge in [-0.15, -0.1) is 0 Å². The molecule has 0 spiro atoms. The predicted molar refractivity (Wildman–Crippen MR) is 95.0 cm³/mol. The normalized spacial score (nSPS) is 27.8. The molecule has 6 nitrogen and oxygen atoms in total. The zero-order valence-electron chi connectivity index (χ0n) is 14.4. The number of rotatable bonds is 3. The van der Waals surface area contributed by atoms with Crippen molar-refractivity contribution < 1.29 is 0 Å². The van der Waals surface area contributed by atoms with Gasteiger partial charge in [0.1, 0.15) is 0 Å². The Morgan fingerprint density at radius 1 is 1.28 bits per heavy atom. The molecule has 1 N–H and O–H groups in total. The summed E-state index contributed by atoms with van der Waals surface area (Å²) < 4.78 is 2.28. The fraction of sp³-hybridized carbons (Fsp3) is 0.526. The Balaban J connectivity index is 1.41. The van der Waals surface area contributed by atoms with Crippen molar-refractivity contribution in [2.45, 2.75) is 25.7 Å². The van der Waals surface area contributed by atoms with Gasteiger partial charge in [0, 0.05) is 43.6 Å². The monoisotopic (exact) mass is 334 g/mol. The van der Waals surface area contributed by atoms with Gasteiger partial charge >= 0.3 is 0 Å². The first-order valence-electron chi connectivity index (χ1n) is 9.14. The maximum Gasteiger partial charge on any atom is 0.156 e. The number of hydrogen-bond acceptors (Lipinski definition) is 4. The van der Waals surface area contributed by atoms with Crippen LogP contribution in [0.1, 0.15) is 31.4 Å². The molecule has 1 aliphatic carbocycles. The van der Waals surface area contributed by atoms with Gasteiger partial charge in [0.2, 0.25) is 0 Å². The van der Waals surface area contributed by atoms with Crippen LogP contribution in [0.2, 0.25) is 0 Å². The highest BCUT2D eigenvalue weighted by Gasteiger charge is 2.37. The standard InChI is InChI=1S/C19H22N6/c1-12-4-13(9-24-10-14(6-20)11-24)5-15(12)17-7-22-18-8-23-19-16(25(17)18)2-3-21-19/h2-3,7-8,12-15,21H,4-5,9-11H2,1H3/t12-,13+,15?/m1/s1. The number of hydrogen-bond donors (Lipinski definition) is 1. The summed E-state index contributed by atoms with van der Waals surface area (Å²) in [5.41, 5.74) is 4.27. The number of aromatic nitrogens is 4. The summed E-state index contributed by atoms with van der Waals surface area (Å²) in [7, 11) is 0. The second-order valence-corrected chi connectivity index (χ2v) is 7.81. The molecule has 1 saturated heterocycles. The second kappa shape index (κ2) is 5.57. The number of aromatic amines is 1. The van der Waals surface area contributed by atoms with Crippen molar-refractivity contribution in [3.8, 4) is 6.07 Å². The zero-order valence-corrected chi connectivity index (χ0v) is 14.4. The molecule has 1 aliphatic heterocycles. The number of nitrogens with zero attached hydrogens (tertiary/aromatic N) is 5. The Bertz CT molecular complexity index is 957. The molecule has 128 valence electrons. The minimum absolute atomic E-state index is 0.253. The van der Waals surface area contributed by atoms with E-state index in [0.29, 0.717) is 17.8 Å². The van der Waals surface area contributed by atoms with Crippen LogP contribution in [0.15, 0.2) is 24.7 Å². The van der Waals surface area contributed by atoms with Crippen LogP contribution < -0.4 is 0 Å². The molecule has 5 rings (SSSR count). The predicted octanol–water partition coefficient (Wildman–Crippen LogP) is 2.80. The van der Waals surface area contributed by atoms with Crippen LogP contribution in [-0.4, -0.2) is 43.9 Å². The molecular formula is C19H22N6. The Labute approximate surface area is 146 Å². The largest absolute Gasteiger partial charge is 0.345 e. The van der Waals surface area contributed by atoms with Gasteiger partial charge in [0.15, 0.2) is 11.3 Å². The summed E-state index contributed by atoms with van der Waals surface area (Å²) in [6.07, 6.45) is 8.30. The van der Waals surface area contributed by atoms with E-state index in [4.69, 9.17) is 5.26 Å². The van der Waals surface area contributed by atoms with Crippen molar-refractivity contribution >= 4 is 16.8 Å². The topological polar surface area (TPSA) is 73.0 Å². The Kier molecular flexibility index (Phi) is 3.32. The van der Waals surface area contributed by atoms with E-state index in [1.807, 2.05) is 18.6 Å². The molecule has 0 amide bonds. The second-order valence-electron chi connectivity index (χ2n) is 7.81. The molecular weight excluding hydrogens is 312 g/mol. The van der Waals surface area contributed by atoms with Crippen LogP contribution in [0.3, 0.4) is 0 Å². The molecule has 25 heavy (non-hydrogen) atoms. The summed E-state index contributed by atoms with van der Waals surface area (Å²) in [6, 6.07) is 4.45. The summed E-state index contributed by atoms with van der Waals surface area (Å²) >= 11 is 0. The number of imidazole rings is 1. The van der Waals surface area contributed by atoms with Crippen molar-refractivity contribution in [2.24, 2.45) is 17.8 Å². The summed E-state index contributed by atoms with van der Waals surface area (Å²) in [6.45, 7) is 5.42. The summed E-state index contributed by atoms with van der Waals surface area (Å²) in [5.74, 6) is 2.16. The van der Waals surface area contributed by atoms with Gasteiger partial charge in [-0.3, -0.25) is 4.40 Å². The van der Waals surface area contributed by atoms with Gasteiger partial charge in [-0.05, 0) is 30.7 Å². The highest BCUT2D eigenvalue weighted by atomic mass is 15.2. The maximum atomic E-state index is 8.95. The number of nitrogens with one attached hydrogen (secondary N) is 1. The first-order chi connectivity index (χ1) is 12.2. The average molecular weight is 334 g/mol. The minimum Gasteiger partial charge on any atom is -0.345 e. The fourth-order valence-electron chi connectivity index (χ4n) is 4.86. The van der Waals surface area contributed by atoms with Gasteiger partial charge in [-0.25, -0.2) is 9.97 Å². The van der Waals surface area contributed by atoms with Crippen LogP contribution in [0.25, 0.3) is 16.8 Å². The average Bonchev–Trinajstić information content (AvgIpc) is 3.26. The van der Waals surface area contributed by atoms with Crippen molar-refractivity contribution in [3.63, 3.8) is 0 Å². The number of nitriles is 1. The molecule has 3 aromatic heterocycles. The lowest BCUT2D eigenvalue weighted by atomic mass is 9.95. The highest BCUT2D eigenvalue weighted by Crippen LogP contribution is 2.44. The Hall–Kier alpha value is -2.39. The lowest BCUT2D eigenvalue weighted by molar-refractivity contribution is 0.112. The van der Waals surface area contributed by atoms with E-state index in [9.17, 15) is 0 Å². The fourth-order valence-corrected chi connectivity index (χ4v) is 4.86.